The molecule has 2 fully saturated rings. The Balaban J connectivity index is 1.18. The van der Waals surface area contributed by atoms with E-state index in [0.717, 1.165) is 55.1 Å². The molecule has 1 spiro atoms. The van der Waals surface area contributed by atoms with Crippen molar-refractivity contribution in [1.29, 1.82) is 0 Å². The lowest BCUT2D eigenvalue weighted by Gasteiger charge is -2.34. The van der Waals surface area contributed by atoms with Gasteiger partial charge in [0, 0.05) is 34.9 Å². The van der Waals surface area contributed by atoms with Gasteiger partial charge in [0.05, 0.1) is 5.52 Å². The Hall–Kier alpha value is -3.18. The highest BCUT2D eigenvalue weighted by Gasteiger charge is 2.58. The Morgan fingerprint density at radius 3 is 2.68 bits per heavy atom. The van der Waals surface area contributed by atoms with Gasteiger partial charge >= 0.3 is 6.03 Å². The lowest BCUT2D eigenvalue weighted by molar-refractivity contribution is 0.179. The van der Waals surface area contributed by atoms with Crippen molar-refractivity contribution in [1.82, 2.24) is 9.88 Å². The Morgan fingerprint density at radius 1 is 1.11 bits per heavy atom. The number of hydrogen-bond acceptors (Lipinski definition) is 2. The number of nitrogens with zero attached hydrogens (tertiary/aromatic N) is 2. The molecule has 6 heteroatoms. The van der Waals surface area contributed by atoms with Gasteiger partial charge in [-0.2, -0.15) is 0 Å². The molecule has 190 valence electrons. The number of rotatable bonds is 5. The number of fused-ring (bicyclic) bond motifs is 1. The van der Waals surface area contributed by atoms with E-state index in [1.54, 1.807) is 24.3 Å². The molecule has 3 aliphatic carbocycles. The number of pyridine rings is 1. The second-order valence-electron chi connectivity index (χ2n) is 10.8. The van der Waals surface area contributed by atoms with E-state index in [1.807, 2.05) is 18.3 Å². The highest BCUT2D eigenvalue weighted by atomic mass is 35.5. The van der Waals surface area contributed by atoms with Crippen molar-refractivity contribution >= 4 is 34.2 Å². The Bertz CT molecular complexity index is 1360. The van der Waals surface area contributed by atoms with Crippen molar-refractivity contribution in [3.05, 3.63) is 95.4 Å². The van der Waals surface area contributed by atoms with E-state index in [1.165, 1.54) is 11.6 Å². The van der Waals surface area contributed by atoms with Crippen LogP contribution in [0.5, 0.6) is 0 Å². The highest BCUT2D eigenvalue weighted by molar-refractivity contribution is 6.30. The molecule has 0 bridgehead atoms. The van der Waals surface area contributed by atoms with Crippen LogP contribution in [0.4, 0.5) is 14.9 Å². The van der Waals surface area contributed by atoms with Crippen LogP contribution in [0.1, 0.15) is 50.0 Å². The van der Waals surface area contributed by atoms with Gasteiger partial charge in [-0.05, 0) is 110 Å². The predicted octanol–water partition coefficient (Wildman–Crippen LogP) is 8.11. The van der Waals surface area contributed by atoms with E-state index in [-0.39, 0.29) is 23.3 Å². The number of carbonyl (C=O) groups excluding carboxylic acids is 1. The van der Waals surface area contributed by atoms with Crippen LogP contribution in [0.25, 0.3) is 10.9 Å². The summed E-state index contributed by atoms with van der Waals surface area (Å²) in [6, 6.07) is 14.4. The first-order valence-corrected chi connectivity index (χ1v) is 13.6. The summed E-state index contributed by atoms with van der Waals surface area (Å²) in [5.74, 6) is 0.500. The van der Waals surface area contributed by atoms with Crippen LogP contribution in [0.3, 0.4) is 0 Å². The summed E-state index contributed by atoms with van der Waals surface area (Å²) in [5.41, 5.74) is 2.99. The van der Waals surface area contributed by atoms with Crippen LogP contribution in [0.15, 0.2) is 79.0 Å². The molecule has 3 aliphatic rings. The predicted molar refractivity (Wildman–Crippen MR) is 147 cm³/mol. The monoisotopic (exact) mass is 515 g/mol. The molecule has 6 rings (SSSR count). The average molecular weight is 516 g/mol. The van der Waals surface area contributed by atoms with Crippen LogP contribution in [0, 0.1) is 17.2 Å². The summed E-state index contributed by atoms with van der Waals surface area (Å²) in [7, 11) is 0. The number of hydrogen-bond donors (Lipinski definition) is 1. The van der Waals surface area contributed by atoms with E-state index in [2.05, 4.69) is 45.6 Å². The third-order valence-corrected chi connectivity index (χ3v) is 8.79. The first kappa shape index (κ1) is 24.2. The summed E-state index contributed by atoms with van der Waals surface area (Å²) in [6.07, 6.45) is 16.6. The fourth-order valence-corrected chi connectivity index (χ4v) is 6.53. The summed E-state index contributed by atoms with van der Waals surface area (Å²) in [4.78, 5) is 20.1. The van der Waals surface area contributed by atoms with E-state index in [0.29, 0.717) is 23.4 Å². The Labute approximate surface area is 222 Å². The van der Waals surface area contributed by atoms with Gasteiger partial charge in [0.1, 0.15) is 5.82 Å². The van der Waals surface area contributed by atoms with Gasteiger partial charge in [-0.25, -0.2) is 9.18 Å². The SMILES string of the molecule is O=C(Nc1ccc(Cl)cc1)N(CC1C=CC=CC1)C1CC12CCC(c1ccnc3ccc(F)cc13)CC2. The van der Waals surface area contributed by atoms with Crippen molar-refractivity contribution in [2.45, 2.75) is 50.5 Å². The van der Waals surface area contributed by atoms with Gasteiger partial charge in [0.2, 0.25) is 0 Å². The summed E-state index contributed by atoms with van der Waals surface area (Å²) in [5, 5.41) is 4.68. The van der Waals surface area contributed by atoms with Gasteiger partial charge in [-0.15, -0.1) is 0 Å². The number of halogens is 2. The molecule has 1 heterocycles. The minimum atomic E-state index is -0.217. The minimum Gasteiger partial charge on any atom is -0.320 e. The van der Waals surface area contributed by atoms with Crippen molar-refractivity contribution < 1.29 is 9.18 Å². The molecule has 0 aliphatic heterocycles. The molecule has 2 saturated carbocycles. The van der Waals surface area contributed by atoms with Gasteiger partial charge in [0.25, 0.3) is 0 Å². The molecule has 2 unspecified atom stereocenters. The van der Waals surface area contributed by atoms with E-state index in [4.69, 9.17) is 11.6 Å². The Kier molecular flexibility index (Phi) is 6.49. The smallest absolute Gasteiger partial charge is 0.320 e. The van der Waals surface area contributed by atoms with Crippen molar-refractivity contribution in [2.24, 2.45) is 11.3 Å². The second kappa shape index (κ2) is 9.94. The van der Waals surface area contributed by atoms with Crippen molar-refractivity contribution in [2.75, 3.05) is 11.9 Å². The highest BCUT2D eigenvalue weighted by Crippen LogP contribution is 2.61. The zero-order valence-corrected chi connectivity index (χ0v) is 21.5. The summed E-state index contributed by atoms with van der Waals surface area (Å²) < 4.78 is 14.0. The molecule has 0 radical (unpaired) electrons. The third-order valence-electron chi connectivity index (χ3n) is 8.54. The zero-order valence-electron chi connectivity index (χ0n) is 20.7. The fraction of sp³-hybridized carbons (Fsp3) is 0.355. The maximum absolute atomic E-state index is 14.0. The van der Waals surface area contributed by atoms with Crippen LogP contribution in [-0.2, 0) is 0 Å². The summed E-state index contributed by atoms with van der Waals surface area (Å²) in [6.45, 7) is 0.713. The number of carbonyl (C=O) groups is 1. The molecule has 4 nitrogen and oxygen atoms in total. The molecule has 1 N–H and O–H groups in total. The molecule has 37 heavy (non-hydrogen) atoms. The van der Waals surface area contributed by atoms with Crippen LogP contribution < -0.4 is 5.32 Å². The maximum atomic E-state index is 14.0. The second-order valence-corrected chi connectivity index (χ2v) is 11.3. The zero-order chi connectivity index (χ0) is 25.4. The minimum absolute atomic E-state index is 0.0372. The molecule has 2 atom stereocenters. The van der Waals surface area contributed by atoms with Crippen LogP contribution in [-0.4, -0.2) is 28.5 Å². The topological polar surface area (TPSA) is 45.2 Å². The molecule has 3 aromatic rings. The van der Waals surface area contributed by atoms with Gasteiger partial charge in [-0.1, -0.05) is 35.9 Å². The number of amides is 2. The van der Waals surface area contributed by atoms with Crippen LogP contribution >= 0.6 is 11.6 Å². The largest absolute Gasteiger partial charge is 0.322 e. The first-order chi connectivity index (χ1) is 18.0. The molecule has 1 aromatic heterocycles. The van der Waals surface area contributed by atoms with Crippen LogP contribution in [0.2, 0.25) is 5.02 Å². The van der Waals surface area contributed by atoms with E-state index >= 15 is 0 Å². The molecular weight excluding hydrogens is 485 g/mol. The molecule has 2 aromatic carbocycles. The number of aromatic nitrogens is 1. The number of allylic oxidation sites excluding steroid dienone is 3. The van der Waals surface area contributed by atoms with Crippen molar-refractivity contribution in [3.63, 3.8) is 0 Å². The molecule has 2 amide bonds. The average Bonchev–Trinajstić information content (AvgIpc) is 3.61. The number of benzene rings is 2. The van der Waals surface area contributed by atoms with E-state index in [9.17, 15) is 9.18 Å². The van der Waals surface area contributed by atoms with Gasteiger partial charge < -0.3 is 10.2 Å². The van der Waals surface area contributed by atoms with Crippen molar-refractivity contribution in [3.8, 4) is 0 Å². The number of anilines is 1. The third kappa shape index (κ3) is 5.02. The van der Waals surface area contributed by atoms with Gasteiger partial charge in [-0.3, -0.25) is 4.98 Å². The first-order valence-electron chi connectivity index (χ1n) is 13.2. The molecule has 0 saturated heterocycles. The normalized spacial score (nSPS) is 26.4. The number of nitrogens with one attached hydrogen (secondary N) is 1. The number of urea groups is 1. The standard InChI is InChI=1S/C31H31ClFN3O/c32-23-6-9-25(10-7-23)35-30(37)36(20-21-4-2-1-3-5-21)29-19-31(29)15-12-22(13-16-31)26-14-17-34-28-11-8-24(33)18-27(26)28/h1-4,6-11,14,17-18,21-22,29H,5,12-13,15-16,19-20H2,(H,35,37). The summed E-state index contributed by atoms with van der Waals surface area (Å²) >= 11 is 6.03. The van der Waals surface area contributed by atoms with Gasteiger partial charge in [0.15, 0.2) is 0 Å². The Morgan fingerprint density at radius 2 is 1.92 bits per heavy atom. The maximum Gasteiger partial charge on any atom is 0.322 e. The lowest BCUT2D eigenvalue weighted by atomic mass is 9.75. The molecular formula is C31H31ClFN3O. The quantitative estimate of drug-likeness (QED) is 0.373. The lowest BCUT2D eigenvalue weighted by Crippen LogP contribution is -2.42. The van der Waals surface area contributed by atoms with E-state index < -0.39 is 0 Å². The fourth-order valence-electron chi connectivity index (χ4n) is 6.40.